The molecule has 0 aliphatic rings. The van der Waals surface area contributed by atoms with Crippen LogP contribution in [-0.4, -0.2) is 48.0 Å². The third-order valence-corrected chi connectivity index (χ3v) is 3.20. The van der Waals surface area contributed by atoms with E-state index in [9.17, 15) is 4.79 Å². The Bertz CT molecular complexity index is 749. The van der Waals surface area contributed by atoms with Crippen molar-refractivity contribution < 1.29 is 4.79 Å². The quantitative estimate of drug-likeness (QED) is 0.840. The molecule has 2 aromatic rings. The molecule has 0 saturated carbocycles. The summed E-state index contributed by atoms with van der Waals surface area (Å²) in [5.41, 5.74) is 1.68. The zero-order valence-electron chi connectivity index (χ0n) is 14.0. The topological polar surface area (TPSA) is 93.9 Å². The van der Waals surface area contributed by atoms with E-state index in [1.807, 2.05) is 19.0 Å². The average Bonchev–Trinajstić information content (AvgIpc) is 2.54. The van der Waals surface area contributed by atoms with E-state index in [0.29, 0.717) is 29.4 Å². The van der Waals surface area contributed by atoms with E-state index in [0.717, 1.165) is 12.2 Å². The fourth-order valence-electron chi connectivity index (χ4n) is 2.01. The summed E-state index contributed by atoms with van der Waals surface area (Å²) in [6.07, 6.45) is 0. The van der Waals surface area contributed by atoms with Crippen LogP contribution in [0.1, 0.15) is 21.9 Å². The summed E-state index contributed by atoms with van der Waals surface area (Å²) in [4.78, 5) is 22.6. The fourth-order valence-corrected chi connectivity index (χ4v) is 2.01. The third kappa shape index (κ3) is 5.04. The van der Waals surface area contributed by atoms with Crippen LogP contribution in [0.4, 0.5) is 11.5 Å². The third-order valence-electron chi connectivity index (χ3n) is 3.20. The molecule has 2 N–H and O–H groups in total. The number of likely N-dealkylation sites (N-methyl/N-ethyl adjacent to an activating group) is 1. The van der Waals surface area contributed by atoms with Crippen molar-refractivity contribution in [2.24, 2.45) is 0 Å². The molecular weight excluding hydrogens is 304 g/mol. The summed E-state index contributed by atoms with van der Waals surface area (Å²) in [5.74, 6) is 0.807. The summed E-state index contributed by atoms with van der Waals surface area (Å²) in [5, 5.41) is 14.8. The van der Waals surface area contributed by atoms with Gasteiger partial charge < -0.3 is 15.5 Å². The second-order valence-corrected chi connectivity index (χ2v) is 5.56. The highest BCUT2D eigenvalue weighted by Gasteiger charge is 2.10. The first-order valence-corrected chi connectivity index (χ1v) is 7.54. The lowest BCUT2D eigenvalue weighted by atomic mass is 10.2. The van der Waals surface area contributed by atoms with Crippen LogP contribution in [0.2, 0.25) is 0 Å². The van der Waals surface area contributed by atoms with Crippen molar-refractivity contribution in [2.45, 2.75) is 6.92 Å². The van der Waals surface area contributed by atoms with Gasteiger partial charge in [-0.3, -0.25) is 4.79 Å². The molecule has 1 heterocycles. The highest BCUT2D eigenvalue weighted by molar-refractivity contribution is 5.93. The van der Waals surface area contributed by atoms with Crippen molar-refractivity contribution >= 4 is 17.4 Å². The molecule has 7 nitrogen and oxygen atoms in total. The van der Waals surface area contributed by atoms with Crippen molar-refractivity contribution in [1.82, 2.24) is 20.2 Å². The smallest absolute Gasteiger partial charge is 0.270 e. The fraction of sp³-hybridized carbons (Fsp3) is 0.294. The minimum atomic E-state index is -0.231. The van der Waals surface area contributed by atoms with Crippen molar-refractivity contribution in [1.29, 1.82) is 5.26 Å². The van der Waals surface area contributed by atoms with Crippen LogP contribution in [0, 0.1) is 18.3 Å². The maximum Gasteiger partial charge on any atom is 0.270 e. The van der Waals surface area contributed by atoms with Gasteiger partial charge in [-0.15, -0.1) is 0 Å². The minimum absolute atomic E-state index is 0.231. The van der Waals surface area contributed by atoms with Crippen molar-refractivity contribution in [2.75, 3.05) is 32.5 Å². The molecule has 0 fully saturated rings. The molecule has 0 spiro atoms. The molecule has 1 aromatic carbocycles. The van der Waals surface area contributed by atoms with Gasteiger partial charge in [-0.1, -0.05) is 0 Å². The van der Waals surface area contributed by atoms with Gasteiger partial charge in [0.1, 0.15) is 17.3 Å². The Kier molecular flexibility index (Phi) is 5.82. The van der Waals surface area contributed by atoms with E-state index in [-0.39, 0.29) is 5.91 Å². The molecule has 0 bridgehead atoms. The lowest BCUT2D eigenvalue weighted by molar-refractivity contribution is 0.0945. The maximum atomic E-state index is 12.2. The standard InChI is InChI=1S/C17H20N6O/c1-12-20-15(17(24)19-8-9-23(2)3)10-16(21-12)22-14-6-4-13(11-18)5-7-14/h4-7,10H,8-9H2,1-3H3,(H,19,24)(H,20,21,22). The predicted molar refractivity (Wildman–Crippen MR) is 92.1 cm³/mol. The van der Waals surface area contributed by atoms with Gasteiger partial charge in [0.15, 0.2) is 0 Å². The summed E-state index contributed by atoms with van der Waals surface area (Å²) >= 11 is 0. The summed E-state index contributed by atoms with van der Waals surface area (Å²) < 4.78 is 0. The van der Waals surface area contributed by atoms with Crippen LogP contribution < -0.4 is 10.6 Å². The van der Waals surface area contributed by atoms with Crippen LogP contribution >= 0.6 is 0 Å². The van der Waals surface area contributed by atoms with E-state index in [1.54, 1.807) is 37.3 Å². The van der Waals surface area contributed by atoms with Gasteiger partial charge in [0, 0.05) is 24.8 Å². The summed E-state index contributed by atoms with van der Waals surface area (Å²) in [7, 11) is 3.89. The average molecular weight is 324 g/mol. The second-order valence-electron chi connectivity index (χ2n) is 5.56. The summed E-state index contributed by atoms with van der Waals surface area (Å²) in [6, 6.07) is 10.7. The van der Waals surface area contributed by atoms with Crippen LogP contribution in [0.3, 0.4) is 0 Å². The van der Waals surface area contributed by atoms with E-state index >= 15 is 0 Å². The highest BCUT2D eigenvalue weighted by Crippen LogP contribution is 2.16. The number of hydrogen-bond donors (Lipinski definition) is 2. The Hall–Kier alpha value is -2.98. The number of carbonyl (C=O) groups excluding carboxylic acids is 1. The zero-order chi connectivity index (χ0) is 17.5. The van der Waals surface area contributed by atoms with Crippen LogP contribution in [0.15, 0.2) is 30.3 Å². The van der Waals surface area contributed by atoms with Crippen molar-refractivity contribution in [3.63, 3.8) is 0 Å². The van der Waals surface area contributed by atoms with Crippen LogP contribution in [-0.2, 0) is 0 Å². The Balaban J connectivity index is 2.09. The Morgan fingerprint density at radius 1 is 1.25 bits per heavy atom. The number of nitrogens with one attached hydrogen (secondary N) is 2. The Morgan fingerprint density at radius 3 is 2.58 bits per heavy atom. The van der Waals surface area contributed by atoms with Gasteiger partial charge in [0.25, 0.3) is 5.91 Å². The monoisotopic (exact) mass is 324 g/mol. The number of hydrogen-bond acceptors (Lipinski definition) is 6. The number of aromatic nitrogens is 2. The molecule has 0 atom stereocenters. The number of benzene rings is 1. The normalized spacial score (nSPS) is 10.3. The molecule has 2 rings (SSSR count). The molecule has 7 heteroatoms. The molecule has 0 unspecified atom stereocenters. The number of amides is 1. The lowest BCUT2D eigenvalue weighted by Gasteiger charge is -2.11. The van der Waals surface area contributed by atoms with Gasteiger partial charge in [-0.05, 0) is 45.3 Å². The number of nitriles is 1. The van der Waals surface area contributed by atoms with Gasteiger partial charge >= 0.3 is 0 Å². The first-order valence-electron chi connectivity index (χ1n) is 7.54. The molecule has 24 heavy (non-hydrogen) atoms. The zero-order valence-corrected chi connectivity index (χ0v) is 14.0. The van der Waals surface area contributed by atoms with E-state index < -0.39 is 0 Å². The molecule has 0 aliphatic heterocycles. The Morgan fingerprint density at radius 2 is 1.96 bits per heavy atom. The molecule has 0 radical (unpaired) electrons. The van der Waals surface area contributed by atoms with E-state index in [1.165, 1.54) is 0 Å². The molecule has 124 valence electrons. The van der Waals surface area contributed by atoms with Crippen LogP contribution in [0.5, 0.6) is 0 Å². The van der Waals surface area contributed by atoms with Crippen molar-refractivity contribution in [3.8, 4) is 6.07 Å². The molecule has 0 aliphatic carbocycles. The predicted octanol–water partition coefficient (Wildman–Crippen LogP) is 1.69. The largest absolute Gasteiger partial charge is 0.349 e. The van der Waals surface area contributed by atoms with Crippen molar-refractivity contribution in [3.05, 3.63) is 47.4 Å². The minimum Gasteiger partial charge on any atom is -0.349 e. The van der Waals surface area contributed by atoms with Gasteiger partial charge in [0.05, 0.1) is 11.6 Å². The second kappa shape index (κ2) is 8.04. The SMILES string of the molecule is Cc1nc(Nc2ccc(C#N)cc2)cc(C(=O)NCCN(C)C)n1. The number of nitrogens with zero attached hydrogens (tertiary/aromatic N) is 4. The number of carbonyl (C=O) groups is 1. The van der Waals surface area contributed by atoms with Gasteiger partial charge in [-0.25, -0.2) is 9.97 Å². The molecule has 1 aromatic heterocycles. The Labute approximate surface area is 141 Å². The first-order chi connectivity index (χ1) is 11.5. The molecule has 0 saturated heterocycles. The summed E-state index contributed by atoms with van der Waals surface area (Å²) in [6.45, 7) is 3.04. The number of rotatable bonds is 6. The first kappa shape index (κ1) is 17.4. The number of anilines is 2. The molecular formula is C17H20N6O. The van der Waals surface area contributed by atoms with Gasteiger partial charge in [-0.2, -0.15) is 5.26 Å². The lowest BCUT2D eigenvalue weighted by Crippen LogP contribution is -2.32. The van der Waals surface area contributed by atoms with E-state index in [4.69, 9.17) is 5.26 Å². The van der Waals surface area contributed by atoms with E-state index in [2.05, 4.69) is 26.7 Å². The molecule has 1 amide bonds. The number of aryl methyl sites for hydroxylation is 1. The highest BCUT2D eigenvalue weighted by atomic mass is 16.1. The maximum absolute atomic E-state index is 12.2. The van der Waals surface area contributed by atoms with Gasteiger partial charge in [0.2, 0.25) is 0 Å². The van der Waals surface area contributed by atoms with Crippen LogP contribution in [0.25, 0.3) is 0 Å².